The number of benzene rings is 1. The smallest absolute Gasteiger partial charge is 0.268 e. The Morgan fingerprint density at radius 2 is 1.85 bits per heavy atom. The zero-order valence-electron chi connectivity index (χ0n) is 9.87. The lowest BCUT2D eigenvalue weighted by Crippen LogP contribution is -2.16. The molecule has 0 aliphatic carbocycles. The third-order valence-electron chi connectivity index (χ3n) is 2.68. The first-order valence-electron chi connectivity index (χ1n) is 5.31. The molecule has 1 heterocycles. The largest absolute Gasteiger partial charge is 0.384 e. The monoisotopic (exact) mass is 288 g/mol. The van der Waals surface area contributed by atoms with E-state index in [4.69, 9.17) is 27.9 Å². The SMILES string of the molecule is N#Cc1c(N)[nH]c(=O)c(C#N)c1-c1c(F)cccc1Cl. The van der Waals surface area contributed by atoms with Crippen LogP contribution in [0.3, 0.4) is 0 Å². The molecule has 0 unspecified atom stereocenters. The van der Waals surface area contributed by atoms with E-state index in [9.17, 15) is 9.18 Å². The Kier molecular flexibility index (Phi) is 3.43. The molecule has 98 valence electrons. The minimum absolute atomic E-state index is 0.0250. The molecule has 0 spiro atoms. The highest BCUT2D eigenvalue weighted by Gasteiger charge is 2.22. The summed E-state index contributed by atoms with van der Waals surface area (Å²) in [6.07, 6.45) is 0. The predicted molar refractivity (Wildman–Crippen MR) is 71.3 cm³/mol. The number of aromatic amines is 1. The fourth-order valence-corrected chi connectivity index (χ4v) is 2.09. The zero-order chi connectivity index (χ0) is 14.9. The van der Waals surface area contributed by atoms with E-state index in [1.807, 2.05) is 0 Å². The number of nitrogens with two attached hydrogens (primary N) is 1. The van der Waals surface area contributed by atoms with Gasteiger partial charge in [0.25, 0.3) is 5.56 Å². The lowest BCUT2D eigenvalue weighted by atomic mass is 9.96. The van der Waals surface area contributed by atoms with E-state index < -0.39 is 16.9 Å². The number of pyridine rings is 1. The molecule has 2 aromatic rings. The molecule has 0 fully saturated rings. The van der Waals surface area contributed by atoms with Gasteiger partial charge in [-0.3, -0.25) is 4.79 Å². The summed E-state index contributed by atoms with van der Waals surface area (Å²) in [4.78, 5) is 13.9. The molecule has 0 saturated heterocycles. The first-order chi connectivity index (χ1) is 9.51. The van der Waals surface area contributed by atoms with E-state index >= 15 is 0 Å². The molecule has 0 atom stereocenters. The van der Waals surface area contributed by atoms with Crippen molar-refractivity contribution >= 4 is 17.4 Å². The van der Waals surface area contributed by atoms with Crippen LogP contribution < -0.4 is 11.3 Å². The van der Waals surface area contributed by atoms with Crippen LogP contribution in [0.4, 0.5) is 10.2 Å². The third-order valence-corrected chi connectivity index (χ3v) is 3.00. The van der Waals surface area contributed by atoms with Crippen LogP contribution in [0, 0.1) is 28.5 Å². The molecule has 1 aromatic heterocycles. The van der Waals surface area contributed by atoms with Crippen molar-refractivity contribution < 1.29 is 4.39 Å². The molecule has 7 heteroatoms. The van der Waals surface area contributed by atoms with Gasteiger partial charge in [-0.15, -0.1) is 0 Å². The lowest BCUT2D eigenvalue weighted by molar-refractivity contribution is 0.631. The maximum atomic E-state index is 14.0. The summed E-state index contributed by atoms with van der Waals surface area (Å²) in [6, 6.07) is 7.26. The molecular weight excluding hydrogens is 283 g/mol. The first-order valence-corrected chi connectivity index (χ1v) is 5.69. The fraction of sp³-hybridized carbons (Fsp3) is 0. The van der Waals surface area contributed by atoms with Gasteiger partial charge in [-0.1, -0.05) is 17.7 Å². The van der Waals surface area contributed by atoms with Crippen molar-refractivity contribution in [1.29, 1.82) is 10.5 Å². The quantitative estimate of drug-likeness (QED) is 0.838. The van der Waals surface area contributed by atoms with Gasteiger partial charge < -0.3 is 10.7 Å². The van der Waals surface area contributed by atoms with Crippen molar-refractivity contribution in [1.82, 2.24) is 4.98 Å². The predicted octanol–water partition coefficient (Wildman–Crippen LogP) is 2.16. The molecule has 0 aliphatic rings. The van der Waals surface area contributed by atoms with E-state index in [1.54, 1.807) is 12.1 Å². The van der Waals surface area contributed by atoms with Crippen molar-refractivity contribution in [3.63, 3.8) is 0 Å². The summed E-state index contributed by atoms with van der Waals surface area (Å²) < 4.78 is 14.0. The second-order valence-electron chi connectivity index (χ2n) is 3.81. The van der Waals surface area contributed by atoms with Crippen molar-refractivity contribution in [2.45, 2.75) is 0 Å². The molecule has 2 rings (SSSR count). The number of hydrogen-bond acceptors (Lipinski definition) is 4. The number of nitriles is 2. The molecule has 0 amide bonds. The van der Waals surface area contributed by atoms with Crippen LogP contribution in [-0.2, 0) is 0 Å². The van der Waals surface area contributed by atoms with Gasteiger partial charge in [0, 0.05) is 11.1 Å². The molecule has 0 aliphatic heterocycles. The Labute approximate surface area is 117 Å². The number of nitrogens with zero attached hydrogens (tertiary/aromatic N) is 2. The van der Waals surface area contributed by atoms with E-state index in [2.05, 4.69) is 4.98 Å². The van der Waals surface area contributed by atoms with Crippen LogP contribution in [0.25, 0.3) is 11.1 Å². The van der Waals surface area contributed by atoms with Crippen LogP contribution >= 0.6 is 11.6 Å². The second-order valence-corrected chi connectivity index (χ2v) is 4.22. The number of nitrogens with one attached hydrogen (secondary N) is 1. The summed E-state index contributed by atoms with van der Waals surface area (Å²) in [5.41, 5.74) is 3.73. The molecule has 5 nitrogen and oxygen atoms in total. The Hall–Kier alpha value is -2.83. The number of rotatable bonds is 1. The summed E-state index contributed by atoms with van der Waals surface area (Å²) in [5, 5.41) is 18.2. The Morgan fingerprint density at radius 1 is 1.20 bits per heavy atom. The maximum Gasteiger partial charge on any atom is 0.268 e. The molecule has 3 N–H and O–H groups in total. The average molecular weight is 289 g/mol. The van der Waals surface area contributed by atoms with Crippen LogP contribution in [0.5, 0.6) is 0 Å². The number of H-pyrrole nitrogens is 1. The Morgan fingerprint density at radius 3 is 2.40 bits per heavy atom. The number of hydrogen-bond donors (Lipinski definition) is 2. The number of nitrogen functional groups attached to an aromatic ring is 1. The summed E-state index contributed by atoms with van der Waals surface area (Å²) in [6.45, 7) is 0. The van der Waals surface area contributed by atoms with E-state index in [0.29, 0.717) is 0 Å². The number of anilines is 1. The van der Waals surface area contributed by atoms with Crippen LogP contribution in [0.1, 0.15) is 11.1 Å². The van der Waals surface area contributed by atoms with Crippen molar-refractivity contribution in [2.75, 3.05) is 5.73 Å². The molecule has 0 bridgehead atoms. The van der Waals surface area contributed by atoms with Crippen molar-refractivity contribution in [3.05, 3.63) is 50.5 Å². The molecule has 20 heavy (non-hydrogen) atoms. The van der Waals surface area contributed by atoms with Gasteiger partial charge in [0.15, 0.2) is 0 Å². The number of aromatic nitrogens is 1. The second kappa shape index (κ2) is 5.04. The van der Waals surface area contributed by atoms with Gasteiger partial charge in [-0.2, -0.15) is 10.5 Å². The summed E-state index contributed by atoms with van der Waals surface area (Å²) in [7, 11) is 0. The normalized spacial score (nSPS) is 9.80. The number of halogens is 2. The van der Waals surface area contributed by atoms with Gasteiger partial charge in [0.1, 0.15) is 34.9 Å². The first kappa shape index (κ1) is 13.6. The standard InChI is InChI=1S/C13H6ClFN4O/c14-8-2-1-3-9(15)11(8)10-6(4-16)12(18)19-13(20)7(10)5-17/h1-3H,(H3,18,19,20). The Balaban J connectivity index is 3.05. The zero-order valence-corrected chi connectivity index (χ0v) is 10.6. The molecule has 0 radical (unpaired) electrons. The highest BCUT2D eigenvalue weighted by Crippen LogP contribution is 2.35. The minimum Gasteiger partial charge on any atom is -0.384 e. The highest BCUT2D eigenvalue weighted by molar-refractivity contribution is 6.33. The van der Waals surface area contributed by atoms with Gasteiger partial charge in [-0.05, 0) is 12.1 Å². The molecular formula is C13H6ClFN4O. The maximum absolute atomic E-state index is 14.0. The van der Waals surface area contributed by atoms with E-state index in [0.717, 1.165) is 6.07 Å². The van der Waals surface area contributed by atoms with Gasteiger partial charge in [0.2, 0.25) is 0 Å². The van der Waals surface area contributed by atoms with Gasteiger partial charge in [-0.25, -0.2) is 4.39 Å². The van der Waals surface area contributed by atoms with Crippen LogP contribution in [-0.4, -0.2) is 4.98 Å². The Bertz CT molecular complexity index is 825. The summed E-state index contributed by atoms with van der Waals surface area (Å²) in [5.74, 6) is -0.999. The summed E-state index contributed by atoms with van der Waals surface area (Å²) >= 11 is 5.91. The fourth-order valence-electron chi connectivity index (χ4n) is 1.83. The minimum atomic E-state index is -0.807. The van der Waals surface area contributed by atoms with Gasteiger partial charge >= 0.3 is 0 Å². The van der Waals surface area contributed by atoms with Crippen LogP contribution in [0.15, 0.2) is 23.0 Å². The topological polar surface area (TPSA) is 106 Å². The van der Waals surface area contributed by atoms with E-state index in [1.165, 1.54) is 12.1 Å². The van der Waals surface area contributed by atoms with E-state index in [-0.39, 0.29) is 27.5 Å². The average Bonchev–Trinajstić information content (AvgIpc) is 2.38. The highest BCUT2D eigenvalue weighted by atomic mass is 35.5. The molecule has 1 aromatic carbocycles. The van der Waals surface area contributed by atoms with Gasteiger partial charge in [0.05, 0.1) is 5.02 Å². The van der Waals surface area contributed by atoms with Crippen LogP contribution in [0.2, 0.25) is 5.02 Å². The lowest BCUT2D eigenvalue weighted by Gasteiger charge is -2.11. The van der Waals surface area contributed by atoms with Crippen molar-refractivity contribution in [2.24, 2.45) is 0 Å². The molecule has 0 saturated carbocycles. The van der Waals surface area contributed by atoms with Crippen molar-refractivity contribution in [3.8, 4) is 23.3 Å². The third kappa shape index (κ3) is 1.99.